The number of nitriles is 1. The summed E-state index contributed by atoms with van der Waals surface area (Å²) in [5.74, 6) is -1.14. The Bertz CT molecular complexity index is 384. The first-order chi connectivity index (χ1) is 6.54. The van der Waals surface area contributed by atoms with Crippen LogP contribution in [0.4, 0.5) is 13.2 Å². The Labute approximate surface area is 78.5 Å². The Morgan fingerprint density at radius 1 is 1.43 bits per heavy atom. The van der Waals surface area contributed by atoms with E-state index in [9.17, 15) is 13.2 Å². The molecule has 0 unspecified atom stereocenters. The molecule has 0 atom stereocenters. The third-order valence-electron chi connectivity index (χ3n) is 1.59. The number of benzene rings is 1. The van der Waals surface area contributed by atoms with Crippen LogP contribution in [-0.4, -0.2) is 6.61 Å². The molecule has 0 amide bonds. The zero-order valence-electron chi connectivity index (χ0n) is 7.22. The quantitative estimate of drug-likeness (QED) is 0.736. The minimum Gasteiger partial charge on any atom is -0.433 e. The summed E-state index contributed by atoms with van der Waals surface area (Å²) in [7, 11) is 0. The topological polar surface area (TPSA) is 33.0 Å². The smallest absolute Gasteiger partial charge is 0.387 e. The fraction of sp³-hybridized carbons (Fsp3) is 0.222. The zero-order valence-corrected chi connectivity index (χ0v) is 7.22. The number of hydrogen-bond acceptors (Lipinski definition) is 2. The second kappa shape index (κ2) is 4.01. The molecule has 0 aliphatic heterocycles. The van der Waals surface area contributed by atoms with E-state index < -0.39 is 18.2 Å². The molecular formula is C9H6F3NO. The second-order valence-electron chi connectivity index (χ2n) is 2.59. The largest absolute Gasteiger partial charge is 0.433 e. The lowest BCUT2D eigenvalue weighted by atomic mass is 10.1. The summed E-state index contributed by atoms with van der Waals surface area (Å²) >= 11 is 0. The van der Waals surface area contributed by atoms with E-state index in [2.05, 4.69) is 4.74 Å². The van der Waals surface area contributed by atoms with Crippen LogP contribution in [0.1, 0.15) is 11.1 Å². The summed E-state index contributed by atoms with van der Waals surface area (Å²) in [4.78, 5) is 0. The van der Waals surface area contributed by atoms with Crippen LogP contribution in [0.2, 0.25) is 0 Å². The van der Waals surface area contributed by atoms with Crippen molar-refractivity contribution in [3.05, 3.63) is 29.1 Å². The molecular weight excluding hydrogens is 195 g/mol. The van der Waals surface area contributed by atoms with Crippen molar-refractivity contribution in [2.24, 2.45) is 0 Å². The molecule has 0 spiro atoms. The van der Waals surface area contributed by atoms with Crippen molar-refractivity contribution < 1.29 is 17.9 Å². The molecule has 5 heteroatoms. The molecule has 0 aromatic heterocycles. The molecule has 1 aromatic carbocycles. The lowest BCUT2D eigenvalue weighted by Crippen LogP contribution is -2.04. The van der Waals surface area contributed by atoms with Crippen LogP contribution in [0.15, 0.2) is 12.1 Å². The monoisotopic (exact) mass is 201 g/mol. The Morgan fingerprint density at radius 3 is 2.57 bits per heavy atom. The van der Waals surface area contributed by atoms with Crippen molar-refractivity contribution in [1.82, 2.24) is 0 Å². The Balaban J connectivity index is 3.20. The number of aryl methyl sites for hydroxylation is 1. The van der Waals surface area contributed by atoms with Crippen molar-refractivity contribution >= 4 is 0 Å². The zero-order chi connectivity index (χ0) is 10.7. The number of ether oxygens (including phenoxy) is 1. The van der Waals surface area contributed by atoms with Gasteiger partial charge in [0.2, 0.25) is 0 Å². The highest BCUT2D eigenvalue weighted by atomic mass is 19.3. The normalized spacial score (nSPS) is 10.0. The van der Waals surface area contributed by atoms with Crippen LogP contribution < -0.4 is 4.74 Å². The number of hydrogen-bond donors (Lipinski definition) is 0. The van der Waals surface area contributed by atoms with E-state index in [1.807, 2.05) is 0 Å². The number of nitrogens with zero attached hydrogens (tertiary/aromatic N) is 1. The van der Waals surface area contributed by atoms with Gasteiger partial charge in [0.05, 0.1) is 5.56 Å². The van der Waals surface area contributed by atoms with Crippen LogP contribution in [0.5, 0.6) is 5.75 Å². The van der Waals surface area contributed by atoms with Crippen molar-refractivity contribution in [3.63, 3.8) is 0 Å². The third-order valence-corrected chi connectivity index (χ3v) is 1.59. The summed E-state index contributed by atoms with van der Waals surface area (Å²) in [6, 6.07) is 3.51. The molecule has 0 aliphatic rings. The van der Waals surface area contributed by atoms with Gasteiger partial charge in [-0.05, 0) is 18.6 Å². The van der Waals surface area contributed by atoms with Crippen LogP contribution in [-0.2, 0) is 0 Å². The van der Waals surface area contributed by atoms with E-state index in [1.54, 1.807) is 6.07 Å². The first-order valence-electron chi connectivity index (χ1n) is 3.69. The molecule has 74 valence electrons. The van der Waals surface area contributed by atoms with E-state index in [4.69, 9.17) is 5.26 Å². The summed E-state index contributed by atoms with van der Waals surface area (Å²) in [5, 5.41) is 8.61. The van der Waals surface area contributed by atoms with Gasteiger partial charge in [-0.25, -0.2) is 4.39 Å². The highest BCUT2D eigenvalue weighted by Crippen LogP contribution is 2.24. The van der Waals surface area contributed by atoms with E-state index >= 15 is 0 Å². The Morgan fingerprint density at radius 2 is 2.07 bits per heavy atom. The van der Waals surface area contributed by atoms with Crippen molar-refractivity contribution in [3.8, 4) is 11.8 Å². The van der Waals surface area contributed by atoms with Crippen LogP contribution in [0.25, 0.3) is 0 Å². The maximum absolute atomic E-state index is 12.8. The van der Waals surface area contributed by atoms with Gasteiger partial charge in [0.15, 0.2) is 0 Å². The fourth-order valence-corrected chi connectivity index (χ4v) is 1.04. The van der Waals surface area contributed by atoms with Crippen LogP contribution >= 0.6 is 0 Å². The SMILES string of the molecule is Cc1cc(F)cc(OC(F)F)c1C#N. The van der Waals surface area contributed by atoms with Gasteiger partial charge in [0, 0.05) is 6.07 Å². The minimum absolute atomic E-state index is 0.0771. The van der Waals surface area contributed by atoms with E-state index in [0.717, 1.165) is 12.1 Å². The average Bonchev–Trinajstić information content (AvgIpc) is 2.01. The summed E-state index contributed by atoms with van der Waals surface area (Å²) in [6.45, 7) is -1.62. The second-order valence-corrected chi connectivity index (χ2v) is 2.59. The molecule has 0 radical (unpaired) electrons. The number of rotatable bonds is 2. The summed E-state index contributed by atoms with van der Waals surface area (Å²) in [6.07, 6.45) is 0. The van der Waals surface area contributed by atoms with Crippen molar-refractivity contribution in [2.45, 2.75) is 13.5 Å². The van der Waals surface area contributed by atoms with Gasteiger partial charge < -0.3 is 4.74 Å². The molecule has 0 saturated carbocycles. The minimum atomic E-state index is -3.07. The van der Waals surface area contributed by atoms with Crippen LogP contribution in [0.3, 0.4) is 0 Å². The van der Waals surface area contributed by atoms with Crippen molar-refractivity contribution in [2.75, 3.05) is 0 Å². The predicted octanol–water partition coefficient (Wildman–Crippen LogP) is 2.61. The number of halogens is 3. The highest BCUT2D eigenvalue weighted by molar-refractivity contribution is 5.48. The molecule has 2 nitrogen and oxygen atoms in total. The molecule has 0 N–H and O–H groups in total. The molecule has 0 aliphatic carbocycles. The molecule has 14 heavy (non-hydrogen) atoms. The third kappa shape index (κ3) is 2.16. The Kier molecular flexibility index (Phi) is 2.97. The summed E-state index contributed by atoms with van der Waals surface area (Å²) in [5.41, 5.74) is 0.190. The van der Waals surface area contributed by atoms with Gasteiger partial charge in [-0.1, -0.05) is 0 Å². The van der Waals surface area contributed by atoms with E-state index in [1.165, 1.54) is 6.92 Å². The molecule has 1 aromatic rings. The standard InChI is InChI=1S/C9H6F3NO/c1-5-2-6(10)3-8(7(5)4-13)14-9(11)12/h2-3,9H,1H3. The van der Waals surface area contributed by atoms with Gasteiger partial charge in [-0.3, -0.25) is 0 Å². The molecule has 0 heterocycles. The molecule has 0 fully saturated rings. The van der Waals surface area contributed by atoms with E-state index in [-0.39, 0.29) is 11.1 Å². The maximum atomic E-state index is 12.8. The maximum Gasteiger partial charge on any atom is 0.387 e. The molecule has 0 bridgehead atoms. The van der Waals surface area contributed by atoms with Gasteiger partial charge >= 0.3 is 6.61 Å². The van der Waals surface area contributed by atoms with Gasteiger partial charge in [0.25, 0.3) is 0 Å². The predicted molar refractivity (Wildman–Crippen MR) is 42.5 cm³/mol. The first kappa shape index (κ1) is 10.4. The Hall–Kier alpha value is -1.70. The lowest BCUT2D eigenvalue weighted by Gasteiger charge is -2.07. The van der Waals surface area contributed by atoms with E-state index in [0.29, 0.717) is 0 Å². The molecule has 1 rings (SSSR count). The molecule has 0 saturated heterocycles. The average molecular weight is 201 g/mol. The number of alkyl halides is 2. The highest BCUT2D eigenvalue weighted by Gasteiger charge is 2.13. The lowest BCUT2D eigenvalue weighted by molar-refractivity contribution is -0.0502. The first-order valence-corrected chi connectivity index (χ1v) is 3.69. The van der Waals surface area contributed by atoms with Crippen molar-refractivity contribution in [1.29, 1.82) is 5.26 Å². The fourth-order valence-electron chi connectivity index (χ4n) is 1.04. The van der Waals surface area contributed by atoms with Crippen LogP contribution in [0, 0.1) is 24.1 Å². The van der Waals surface area contributed by atoms with Gasteiger partial charge in [-0.15, -0.1) is 0 Å². The van der Waals surface area contributed by atoms with Gasteiger partial charge in [-0.2, -0.15) is 14.0 Å². The summed E-state index contributed by atoms with van der Waals surface area (Å²) < 4.78 is 40.5. The van der Waals surface area contributed by atoms with Gasteiger partial charge in [0.1, 0.15) is 17.6 Å².